The maximum Gasteiger partial charge on any atom is 0.229 e. The van der Waals surface area contributed by atoms with E-state index in [9.17, 15) is 15.3 Å². The second-order valence-corrected chi connectivity index (χ2v) is 6.52. The fourth-order valence-corrected chi connectivity index (χ4v) is 3.36. The standard InChI is InChI=1S/C17H22N4O4/c22-12-9-13(15(24)14(12)23)25-16-10-3-1-2-4-11(10)19-17(20-16)21-7-5-18-6-8-21/h1-4,12-15,18,22-24H,5-9H2/t12-,13+,14+,15+/m1/s1. The molecule has 2 fully saturated rings. The minimum absolute atomic E-state index is 0.156. The van der Waals surface area contributed by atoms with E-state index in [0.29, 0.717) is 11.8 Å². The number of nitrogens with one attached hydrogen (secondary N) is 1. The van der Waals surface area contributed by atoms with Crippen molar-refractivity contribution in [2.24, 2.45) is 0 Å². The van der Waals surface area contributed by atoms with E-state index in [0.717, 1.165) is 37.1 Å². The summed E-state index contributed by atoms with van der Waals surface area (Å²) < 4.78 is 5.91. The van der Waals surface area contributed by atoms with Crippen molar-refractivity contribution in [3.8, 4) is 5.88 Å². The molecule has 1 aliphatic heterocycles. The van der Waals surface area contributed by atoms with Crippen molar-refractivity contribution >= 4 is 16.9 Å². The Labute approximate surface area is 145 Å². The average Bonchev–Trinajstić information content (AvgIpc) is 2.89. The second kappa shape index (κ2) is 6.72. The second-order valence-electron chi connectivity index (χ2n) is 6.52. The predicted molar refractivity (Wildman–Crippen MR) is 91.7 cm³/mol. The number of para-hydroxylation sites is 1. The summed E-state index contributed by atoms with van der Waals surface area (Å²) in [6.45, 7) is 3.35. The third kappa shape index (κ3) is 3.13. The van der Waals surface area contributed by atoms with Crippen LogP contribution in [0.5, 0.6) is 5.88 Å². The highest BCUT2D eigenvalue weighted by molar-refractivity contribution is 5.84. The summed E-state index contributed by atoms with van der Waals surface area (Å²) in [4.78, 5) is 11.3. The molecular formula is C17H22N4O4. The zero-order chi connectivity index (χ0) is 17.4. The number of hydrogen-bond acceptors (Lipinski definition) is 8. The lowest BCUT2D eigenvalue weighted by molar-refractivity contribution is -0.0370. The number of benzene rings is 1. The van der Waals surface area contributed by atoms with E-state index < -0.39 is 24.4 Å². The van der Waals surface area contributed by atoms with E-state index >= 15 is 0 Å². The number of aromatic nitrogens is 2. The molecule has 134 valence electrons. The first-order chi connectivity index (χ1) is 12.1. The number of nitrogens with zero attached hydrogens (tertiary/aromatic N) is 3. The van der Waals surface area contributed by atoms with E-state index in [4.69, 9.17) is 4.74 Å². The topological polar surface area (TPSA) is 111 Å². The van der Waals surface area contributed by atoms with Gasteiger partial charge in [0.25, 0.3) is 0 Å². The van der Waals surface area contributed by atoms with Gasteiger partial charge in [0.05, 0.1) is 17.0 Å². The summed E-state index contributed by atoms with van der Waals surface area (Å²) in [6.07, 6.45) is -3.90. The number of rotatable bonds is 3. The minimum Gasteiger partial charge on any atom is -0.471 e. The SMILES string of the molecule is O[C@@H]1[C@@H](O)[C@@H](Oc2nc(N3CCNCC3)nc3ccccc23)C[C@H]1O. The molecule has 8 nitrogen and oxygen atoms in total. The van der Waals surface area contributed by atoms with Crippen LogP contribution in [-0.2, 0) is 0 Å². The molecule has 25 heavy (non-hydrogen) atoms. The lowest BCUT2D eigenvalue weighted by atomic mass is 10.2. The van der Waals surface area contributed by atoms with Crippen molar-refractivity contribution in [3.63, 3.8) is 0 Å². The molecule has 8 heteroatoms. The van der Waals surface area contributed by atoms with Crippen LogP contribution in [0.25, 0.3) is 10.9 Å². The Morgan fingerprint density at radius 3 is 2.52 bits per heavy atom. The molecule has 1 aromatic heterocycles. The highest BCUT2D eigenvalue weighted by Crippen LogP contribution is 2.30. The van der Waals surface area contributed by atoms with Gasteiger partial charge >= 0.3 is 0 Å². The normalized spacial score (nSPS) is 30.0. The number of piperazine rings is 1. The highest BCUT2D eigenvalue weighted by Gasteiger charge is 2.42. The molecule has 1 saturated carbocycles. The van der Waals surface area contributed by atoms with Crippen molar-refractivity contribution in [1.82, 2.24) is 15.3 Å². The average molecular weight is 346 g/mol. The Hall–Kier alpha value is -2.00. The van der Waals surface area contributed by atoms with Gasteiger partial charge in [-0.15, -0.1) is 0 Å². The van der Waals surface area contributed by atoms with Gasteiger partial charge in [-0.25, -0.2) is 4.98 Å². The van der Waals surface area contributed by atoms with Crippen LogP contribution < -0.4 is 15.0 Å². The maximum absolute atomic E-state index is 10.1. The van der Waals surface area contributed by atoms with Gasteiger partial charge in [-0.2, -0.15) is 4.98 Å². The number of aliphatic hydroxyl groups excluding tert-OH is 3. The first kappa shape index (κ1) is 16.5. The van der Waals surface area contributed by atoms with Crippen LogP contribution in [-0.4, -0.2) is 75.9 Å². The van der Waals surface area contributed by atoms with E-state index in [-0.39, 0.29) is 6.42 Å². The molecular weight excluding hydrogens is 324 g/mol. The lowest BCUT2D eigenvalue weighted by Crippen LogP contribution is -2.44. The Morgan fingerprint density at radius 1 is 1.04 bits per heavy atom. The van der Waals surface area contributed by atoms with Crippen molar-refractivity contribution in [2.75, 3.05) is 31.1 Å². The molecule has 2 heterocycles. The molecule has 2 aromatic rings. The summed E-state index contributed by atoms with van der Waals surface area (Å²) in [5, 5.41) is 33.6. The summed E-state index contributed by atoms with van der Waals surface area (Å²) in [5.41, 5.74) is 0.759. The summed E-state index contributed by atoms with van der Waals surface area (Å²) >= 11 is 0. The summed E-state index contributed by atoms with van der Waals surface area (Å²) in [7, 11) is 0. The van der Waals surface area contributed by atoms with Crippen molar-refractivity contribution < 1.29 is 20.1 Å². The highest BCUT2D eigenvalue weighted by atomic mass is 16.5. The van der Waals surface area contributed by atoms with Gasteiger partial charge < -0.3 is 30.3 Å². The summed E-state index contributed by atoms with van der Waals surface area (Å²) in [6, 6.07) is 7.53. The third-order valence-electron chi connectivity index (χ3n) is 4.82. The molecule has 2 aliphatic rings. The number of ether oxygens (including phenoxy) is 1. The van der Waals surface area contributed by atoms with Crippen molar-refractivity contribution in [3.05, 3.63) is 24.3 Å². The predicted octanol–water partition coefficient (Wildman–Crippen LogP) is -0.727. The minimum atomic E-state index is -1.20. The van der Waals surface area contributed by atoms with Gasteiger partial charge in [-0.1, -0.05) is 12.1 Å². The van der Waals surface area contributed by atoms with Crippen LogP contribution >= 0.6 is 0 Å². The fraction of sp³-hybridized carbons (Fsp3) is 0.529. The number of hydrogen-bond donors (Lipinski definition) is 4. The van der Waals surface area contributed by atoms with Gasteiger partial charge in [-0.05, 0) is 12.1 Å². The van der Waals surface area contributed by atoms with Gasteiger partial charge in [-0.3, -0.25) is 0 Å². The molecule has 4 N–H and O–H groups in total. The fourth-order valence-electron chi connectivity index (χ4n) is 3.36. The van der Waals surface area contributed by atoms with Gasteiger partial charge in [0.2, 0.25) is 11.8 Å². The van der Waals surface area contributed by atoms with Crippen LogP contribution in [0.4, 0.5) is 5.95 Å². The van der Waals surface area contributed by atoms with Gasteiger partial charge in [0.15, 0.2) is 0 Å². The lowest BCUT2D eigenvalue weighted by Gasteiger charge is -2.28. The molecule has 0 spiro atoms. The third-order valence-corrected chi connectivity index (χ3v) is 4.82. The quantitative estimate of drug-likeness (QED) is 0.576. The van der Waals surface area contributed by atoms with E-state index in [1.165, 1.54) is 0 Å². The first-order valence-corrected chi connectivity index (χ1v) is 8.57. The van der Waals surface area contributed by atoms with Gasteiger partial charge in [0.1, 0.15) is 18.3 Å². The van der Waals surface area contributed by atoms with Crippen LogP contribution in [0, 0.1) is 0 Å². The number of aliphatic hydroxyl groups is 3. The molecule has 4 atom stereocenters. The van der Waals surface area contributed by atoms with E-state index in [1.54, 1.807) is 0 Å². The maximum atomic E-state index is 10.1. The Morgan fingerprint density at radius 2 is 1.80 bits per heavy atom. The van der Waals surface area contributed by atoms with Gasteiger partial charge in [0, 0.05) is 32.6 Å². The zero-order valence-corrected chi connectivity index (χ0v) is 13.7. The molecule has 0 radical (unpaired) electrons. The molecule has 0 bridgehead atoms. The van der Waals surface area contributed by atoms with Crippen molar-refractivity contribution in [2.45, 2.75) is 30.8 Å². The molecule has 4 rings (SSSR count). The number of fused-ring (bicyclic) bond motifs is 1. The van der Waals surface area contributed by atoms with Crippen LogP contribution in [0.3, 0.4) is 0 Å². The van der Waals surface area contributed by atoms with E-state index in [2.05, 4.69) is 20.2 Å². The van der Waals surface area contributed by atoms with Crippen LogP contribution in [0.15, 0.2) is 24.3 Å². The largest absolute Gasteiger partial charge is 0.471 e. The zero-order valence-electron chi connectivity index (χ0n) is 13.7. The summed E-state index contributed by atoms with van der Waals surface area (Å²) in [5.74, 6) is 0.952. The van der Waals surface area contributed by atoms with Crippen molar-refractivity contribution in [1.29, 1.82) is 0 Å². The molecule has 0 unspecified atom stereocenters. The number of anilines is 1. The molecule has 1 aromatic carbocycles. The van der Waals surface area contributed by atoms with Crippen LogP contribution in [0.2, 0.25) is 0 Å². The molecule has 1 saturated heterocycles. The molecule has 1 aliphatic carbocycles. The monoisotopic (exact) mass is 346 g/mol. The Kier molecular flexibility index (Phi) is 4.43. The smallest absolute Gasteiger partial charge is 0.229 e. The van der Waals surface area contributed by atoms with Crippen LogP contribution in [0.1, 0.15) is 6.42 Å². The Balaban J connectivity index is 1.69. The Bertz CT molecular complexity index is 753. The first-order valence-electron chi connectivity index (χ1n) is 8.57. The van der Waals surface area contributed by atoms with E-state index in [1.807, 2.05) is 24.3 Å². The molecule has 0 amide bonds.